The minimum atomic E-state index is -0.833. The number of ether oxygens (including phenoxy) is 1. The summed E-state index contributed by atoms with van der Waals surface area (Å²) in [6, 6.07) is 0. The Morgan fingerprint density at radius 3 is 2.07 bits per heavy atom. The first-order valence-electron chi connectivity index (χ1n) is 4.22. The van der Waals surface area contributed by atoms with Crippen LogP contribution in [0.2, 0.25) is 0 Å². The Balaban J connectivity index is 0. The lowest BCUT2D eigenvalue weighted by Crippen LogP contribution is -1.94. The normalized spacial score (nSPS) is 11.1. The summed E-state index contributed by atoms with van der Waals surface area (Å²) in [7, 11) is 0. The molecule has 0 unspecified atom stereocenters. The quantitative estimate of drug-likeness (QED) is 0.545. The zero-order valence-electron chi connectivity index (χ0n) is 9.02. The number of aliphatic hydroxyl groups excluding tert-OH is 1. The zero-order chi connectivity index (χ0) is 11.6. The molecule has 0 aliphatic heterocycles. The Hall–Kier alpha value is -1.45. The molecule has 0 heterocycles. The lowest BCUT2D eigenvalue weighted by atomic mass is 10.3. The summed E-state index contributed by atoms with van der Waals surface area (Å²) in [5.41, 5.74) is 0.778. The highest BCUT2D eigenvalue weighted by Crippen LogP contribution is 1.94. The lowest BCUT2D eigenvalue weighted by molar-refractivity contribution is -0.134. The Labute approximate surface area is 84.5 Å². The zero-order valence-corrected chi connectivity index (χ0v) is 9.02. The lowest BCUT2D eigenvalue weighted by Gasteiger charge is -2.01. The molecule has 0 aromatic heterocycles. The van der Waals surface area contributed by atoms with Gasteiger partial charge in [-0.2, -0.15) is 0 Å². The van der Waals surface area contributed by atoms with E-state index in [1.165, 1.54) is 0 Å². The minimum Gasteiger partial charge on any atom is -0.515 e. The highest BCUT2D eigenvalue weighted by molar-refractivity contribution is 5.62. The predicted molar refractivity (Wildman–Crippen MR) is 55.1 cm³/mol. The minimum absolute atomic E-state index is 0.197. The van der Waals surface area contributed by atoms with Crippen LogP contribution in [-0.4, -0.2) is 22.3 Å². The summed E-state index contributed by atoms with van der Waals surface area (Å²) in [5, 5.41) is 15.8. The van der Waals surface area contributed by atoms with Crippen molar-refractivity contribution in [2.24, 2.45) is 0 Å². The van der Waals surface area contributed by atoms with Crippen molar-refractivity contribution < 1.29 is 19.7 Å². The van der Waals surface area contributed by atoms with Crippen molar-refractivity contribution in [3.8, 4) is 0 Å². The fourth-order valence-corrected chi connectivity index (χ4v) is 0.347. The number of allylic oxidation sites excluding steroid dienone is 2. The molecule has 0 rings (SSSR count). The van der Waals surface area contributed by atoms with E-state index in [-0.39, 0.29) is 6.10 Å². The number of carboxylic acids is 1. The first kappa shape index (κ1) is 15.0. The second kappa shape index (κ2) is 9.64. The average Bonchev–Trinajstić information content (AvgIpc) is 2.02. The Bertz CT molecular complexity index is 200. The van der Waals surface area contributed by atoms with Crippen molar-refractivity contribution in [2.45, 2.75) is 33.8 Å². The van der Waals surface area contributed by atoms with Gasteiger partial charge in [0.05, 0.1) is 18.6 Å². The van der Waals surface area contributed by atoms with E-state index in [4.69, 9.17) is 19.7 Å². The standard InChI is InChI=1S/C8H14O2.C2H4O2/c1-7(2)10-5-4-8(3)6-9;1-2(3)4/h4-7,9H,1-3H3;1H3,(H,3,4). The van der Waals surface area contributed by atoms with Crippen molar-refractivity contribution in [2.75, 3.05) is 0 Å². The van der Waals surface area contributed by atoms with Gasteiger partial charge in [-0.1, -0.05) is 0 Å². The molecule has 0 spiro atoms. The van der Waals surface area contributed by atoms with Crippen LogP contribution >= 0.6 is 0 Å². The molecule has 0 atom stereocenters. The average molecular weight is 202 g/mol. The monoisotopic (exact) mass is 202 g/mol. The van der Waals surface area contributed by atoms with Crippen LogP contribution in [0.4, 0.5) is 0 Å². The van der Waals surface area contributed by atoms with Crippen LogP contribution < -0.4 is 0 Å². The predicted octanol–water partition coefficient (Wildman–Crippen LogP) is 2.48. The molecule has 0 aliphatic rings. The summed E-state index contributed by atoms with van der Waals surface area (Å²) in [4.78, 5) is 9.00. The molecule has 0 amide bonds. The van der Waals surface area contributed by atoms with E-state index in [0.717, 1.165) is 18.8 Å². The molecule has 0 bridgehead atoms. The Kier molecular flexibility index (Phi) is 10.4. The molecule has 0 aromatic rings. The van der Waals surface area contributed by atoms with Gasteiger partial charge in [0.2, 0.25) is 0 Å². The van der Waals surface area contributed by atoms with E-state index in [1.807, 2.05) is 13.8 Å². The fourth-order valence-electron chi connectivity index (χ4n) is 0.347. The highest BCUT2D eigenvalue weighted by atomic mass is 16.5. The number of hydrogen-bond acceptors (Lipinski definition) is 3. The van der Waals surface area contributed by atoms with Crippen LogP contribution in [0.15, 0.2) is 24.2 Å². The van der Waals surface area contributed by atoms with Gasteiger partial charge in [-0.15, -0.1) is 0 Å². The SMILES string of the molecule is CC(=O)O.CC(C=COC(C)C)=CO. The van der Waals surface area contributed by atoms with E-state index in [1.54, 1.807) is 19.3 Å². The second-order valence-corrected chi connectivity index (χ2v) is 2.88. The fraction of sp³-hybridized carbons (Fsp3) is 0.500. The van der Waals surface area contributed by atoms with Crippen LogP contribution in [0.5, 0.6) is 0 Å². The number of rotatable bonds is 3. The van der Waals surface area contributed by atoms with Crippen LogP contribution in [-0.2, 0) is 9.53 Å². The molecule has 0 radical (unpaired) electrons. The number of hydrogen-bond donors (Lipinski definition) is 2. The maximum Gasteiger partial charge on any atom is 0.300 e. The molecule has 4 nitrogen and oxygen atoms in total. The Morgan fingerprint density at radius 2 is 1.79 bits per heavy atom. The first-order valence-corrected chi connectivity index (χ1v) is 4.22. The van der Waals surface area contributed by atoms with Gasteiger partial charge in [0.15, 0.2) is 0 Å². The molecular formula is C10H18O4. The van der Waals surface area contributed by atoms with Gasteiger partial charge >= 0.3 is 0 Å². The molecule has 82 valence electrons. The smallest absolute Gasteiger partial charge is 0.300 e. The van der Waals surface area contributed by atoms with Crippen LogP contribution in [0.1, 0.15) is 27.7 Å². The van der Waals surface area contributed by atoms with Crippen molar-refractivity contribution >= 4 is 5.97 Å². The van der Waals surface area contributed by atoms with Crippen LogP contribution in [0, 0.1) is 0 Å². The van der Waals surface area contributed by atoms with E-state index in [9.17, 15) is 0 Å². The molecular weight excluding hydrogens is 184 g/mol. The van der Waals surface area contributed by atoms with E-state index in [2.05, 4.69) is 0 Å². The largest absolute Gasteiger partial charge is 0.515 e. The number of carboxylic acid groups (broad SMARTS) is 1. The van der Waals surface area contributed by atoms with E-state index >= 15 is 0 Å². The van der Waals surface area contributed by atoms with Gasteiger partial charge in [0.25, 0.3) is 5.97 Å². The van der Waals surface area contributed by atoms with Gasteiger partial charge in [-0.25, -0.2) is 0 Å². The third-order valence-corrected chi connectivity index (χ3v) is 0.885. The maximum atomic E-state index is 9.00. The summed E-state index contributed by atoms with van der Waals surface area (Å²) in [5.74, 6) is -0.833. The number of aliphatic carboxylic acids is 1. The molecule has 0 saturated heterocycles. The molecule has 0 aromatic carbocycles. The van der Waals surface area contributed by atoms with Crippen LogP contribution in [0.3, 0.4) is 0 Å². The van der Waals surface area contributed by atoms with Gasteiger partial charge in [-0.05, 0) is 32.4 Å². The molecule has 0 fully saturated rings. The number of carbonyl (C=O) groups is 1. The molecule has 2 N–H and O–H groups in total. The topological polar surface area (TPSA) is 66.8 Å². The van der Waals surface area contributed by atoms with Gasteiger partial charge in [0.1, 0.15) is 0 Å². The van der Waals surface area contributed by atoms with Gasteiger partial charge < -0.3 is 14.9 Å². The molecule has 0 aliphatic carbocycles. The second-order valence-electron chi connectivity index (χ2n) is 2.88. The highest BCUT2D eigenvalue weighted by Gasteiger charge is 1.85. The molecule has 0 saturated carbocycles. The summed E-state index contributed by atoms with van der Waals surface area (Å²) in [6.07, 6.45) is 4.52. The van der Waals surface area contributed by atoms with Gasteiger partial charge in [-0.3, -0.25) is 4.79 Å². The van der Waals surface area contributed by atoms with Crippen molar-refractivity contribution in [3.63, 3.8) is 0 Å². The first-order chi connectivity index (χ1) is 6.40. The maximum absolute atomic E-state index is 9.00. The third-order valence-electron chi connectivity index (χ3n) is 0.885. The van der Waals surface area contributed by atoms with Crippen molar-refractivity contribution in [3.05, 3.63) is 24.2 Å². The van der Waals surface area contributed by atoms with Gasteiger partial charge in [0, 0.05) is 6.92 Å². The Morgan fingerprint density at radius 1 is 1.36 bits per heavy atom. The summed E-state index contributed by atoms with van der Waals surface area (Å²) >= 11 is 0. The van der Waals surface area contributed by atoms with Crippen LogP contribution in [0.25, 0.3) is 0 Å². The third kappa shape index (κ3) is 22.4. The van der Waals surface area contributed by atoms with E-state index in [0.29, 0.717) is 0 Å². The summed E-state index contributed by atoms with van der Waals surface area (Å²) in [6.45, 7) is 6.77. The van der Waals surface area contributed by atoms with Crippen molar-refractivity contribution in [1.82, 2.24) is 0 Å². The van der Waals surface area contributed by atoms with Crippen molar-refractivity contribution in [1.29, 1.82) is 0 Å². The summed E-state index contributed by atoms with van der Waals surface area (Å²) < 4.78 is 5.08. The van der Waals surface area contributed by atoms with E-state index < -0.39 is 5.97 Å². The molecule has 14 heavy (non-hydrogen) atoms. The number of aliphatic hydroxyl groups is 1. The molecule has 4 heteroatoms.